The largest absolute Gasteiger partial charge is 0.352 e. The Morgan fingerprint density at radius 3 is 2.61 bits per heavy atom. The molecule has 1 fully saturated rings. The molecule has 2 atom stereocenters. The first-order valence-corrected chi connectivity index (χ1v) is 9.41. The number of aromatic nitrogens is 2. The van der Waals surface area contributed by atoms with E-state index in [1.165, 1.54) is 12.1 Å². The topological polar surface area (TPSA) is 76.2 Å². The van der Waals surface area contributed by atoms with Crippen molar-refractivity contribution in [2.75, 3.05) is 6.54 Å². The molecule has 0 aliphatic carbocycles. The monoisotopic (exact) mass is 393 g/mol. The van der Waals surface area contributed by atoms with Crippen molar-refractivity contribution in [1.82, 2.24) is 19.8 Å². The fraction of sp³-hybridized carbons (Fsp3) is 0.200. The van der Waals surface area contributed by atoms with E-state index in [4.69, 9.17) is 12.2 Å². The van der Waals surface area contributed by atoms with E-state index < -0.39 is 4.92 Å². The van der Waals surface area contributed by atoms with E-state index in [2.05, 4.69) is 28.2 Å². The summed E-state index contributed by atoms with van der Waals surface area (Å²) in [4.78, 5) is 17.2. The molecule has 1 N–H and O–H groups in total. The third-order valence-corrected chi connectivity index (χ3v) is 5.31. The highest BCUT2D eigenvalue weighted by atomic mass is 32.1. The van der Waals surface area contributed by atoms with E-state index >= 15 is 0 Å². The second-order valence-electron chi connectivity index (χ2n) is 6.49. The van der Waals surface area contributed by atoms with Gasteiger partial charge in [0.1, 0.15) is 0 Å². The highest BCUT2D eigenvalue weighted by Gasteiger charge is 2.40. The molecule has 7 nitrogen and oxygen atoms in total. The van der Waals surface area contributed by atoms with Gasteiger partial charge in [0.25, 0.3) is 5.69 Å². The number of pyridine rings is 1. The van der Waals surface area contributed by atoms with Crippen molar-refractivity contribution >= 4 is 23.0 Å². The number of nitro benzene ring substituents is 1. The predicted molar refractivity (Wildman–Crippen MR) is 110 cm³/mol. The molecule has 0 spiro atoms. The zero-order chi connectivity index (χ0) is 19.7. The smallest absolute Gasteiger partial charge is 0.269 e. The number of rotatable bonds is 5. The van der Waals surface area contributed by atoms with Crippen LogP contribution < -0.4 is 5.32 Å². The number of hydrogen-bond donors (Lipinski definition) is 1. The Hall–Kier alpha value is -3.26. The summed E-state index contributed by atoms with van der Waals surface area (Å²) < 4.78 is 2.04. The lowest BCUT2D eigenvalue weighted by Gasteiger charge is -2.27. The van der Waals surface area contributed by atoms with Gasteiger partial charge in [-0.2, -0.15) is 0 Å². The molecule has 1 aromatic carbocycles. The van der Waals surface area contributed by atoms with Gasteiger partial charge in [0.05, 0.1) is 22.7 Å². The maximum Gasteiger partial charge on any atom is 0.269 e. The molecule has 3 heterocycles. The average Bonchev–Trinajstić information content (AvgIpc) is 3.32. The number of nitrogens with one attached hydrogen (secondary N) is 1. The second-order valence-corrected chi connectivity index (χ2v) is 6.88. The van der Waals surface area contributed by atoms with Crippen LogP contribution in [0.2, 0.25) is 0 Å². The van der Waals surface area contributed by atoms with Gasteiger partial charge in [-0.1, -0.05) is 6.07 Å². The molecule has 4 rings (SSSR count). The number of likely N-dealkylation sites (N-methyl/N-ethyl adjacent to an activating group) is 1. The summed E-state index contributed by atoms with van der Waals surface area (Å²) in [6, 6.07) is 16.3. The minimum atomic E-state index is -0.393. The molecule has 0 amide bonds. The zero-order valence-electron chi connectivity index (χ0n) is 15.2. The Bertz CT molecular complexity index is 1000. The standard InChI is InChI=1S/C20H19N5O2S/c1-2-23-19(18(22-20(23)28)16-6-3-4-12-21-16)17-7-5-13-24(17)14-8-10-15(11-9-14)25(26)27/h3-13,18-19H,2H2,1H3,(H,22,28). The van der Waals surface area contributed by atoms with E-state index in [0.29, 0.717) is 5.11 Å². The van der Waals surface area contributed by atoms with E-state index in [1.807, 2.05) is 35.0 Å². The van der Waals surface area contributed by atoms with Crippen LogP contribution in [0.3, 0.4) is 0 Å². The first-order valence-electron chi connectivity index (χ1n) is 9.00. The Morgan fingerprint density at radius 1 is 1.18 bits per heavy atom. The van der Waals surface area contributed by atoms with Gasteiger partial charge < -0.3 is 14.8 Å². The first-order chi connectivity index (χ1) is 13.6. The minimum Gasteiger partial charge on any atom is -0.352 e. The number of nitro groups is 1. The minimum absolute atomic E-state index is 0.0439. The van der Waals surface area contributed by atoms with Crippen molar-refractivity contribution in [2.24, 2.45) is 0 Å². The number of benzene rings is 1. The van der Waals surface area contributed by atoms with Gasteiger partial charge in [-0.25, -0.2) is 0 Å². The van der Waals surface area contributed by atoms with Crippen LogP contribution in [0.15, 0.2) is 67.0 Å². The lowest BCUT2D eigenvalue weighted by atomic mass is 10.0. The van der Waals surface area contributed by atoms with Gasteiger partial charge >= 0.3 is 0 Å². The predicted octanol–water partition coefficient (Wildman–Crippen LogP) is 3.77. The average molecular weight is 393 g/mol. The first kappa shape index (κ1) is 18.1. The third kappa shape index (κ3) is 3.11. The van der Waals surface area contributed by atoms with Crippen LogP contribution in [-0.4, -0.2) is 31.0 Å². The van der Waals surface area contributed by atoms with Crippen LogP contribution in [0.4, 0.5) is 5.69 Å². The maximum atomic E-state index is 11.0. The van der Waals surface area contributed by atoms with Crippen molar-refractivity contribution in [1.29, 1.82) is 0 Å². The molecule has 0 radical (unpaired) electrons. The van der Waals surface area contributed by atoms with Crippen LogP contribution in [0, 0.1) is 10.1 Å². The molecule has 2 unspecified atom stereocenters. The van der Waals surface area contributed by atoms with Gasteiger partial charge in [0.2, 0.25) is 0 Å². The molecule has 1 aliphatic heterocycles. The van der Waals surface area contributed by atoms with Gasteiger partial charge in [0, 0.05) is 42.5 Å². The van der Waals surface area contributed by atoms with Gasteiger partial charge in [-0.05, 0) is 55.5 Å². The number of non-ortho nitro benzene ring substituents is 1. The lowest BCUT2D eigenvalue weighted by molar-refractivity contribution is -0.384. The summed E-state index contributed by atoms with van der Waals surface area (Å²) in [6.07, 6.45) is 3.74. The molecule has 2 aromatic heterocycles. The van der Waals surface area contributed by atoms with Crippen LogP contribution in [0.1, 0.15) is 30.4 Å². The Balaban J connectivity index is 1.77. The molecular formula is C20H19N5O2S. The summed E-state index contributed by atoms with van der Waals surface area (Å²) in [6.45, 7) is 2.83. The zero-order valence-corrected chi connectivity index (χ0v) is 16.0. The maximum absolute atomic E-state index is 11.0. The SMILES string of the molecule is CCN1C(=S)NC(c2ccccn2)C1c1cccn1-c1ccc([N+](=O)[O-])cc1. The number of thiocarbonyl (C=S) groups is 1. The summed E-state index contributed by atoms with van der Waals surface area (Å²) in [5.74, 6) is 0. The molecule has 0 bridgehead atoms. The fourth-order valence-electron chi connectivity index (χ4n) is 3.67. The molecule has 8 heteroatoms. The van der Waals surface area contributed by atoms with E-state index in [9.17, 15) is 10.1 Å². The van der Waals surface area contributed by atoms with Crippen molar-refractivity contribution in [3.05, 3.63) is 88.5 Å². The molecule has 0 saturated carbocycles. The van der Waals surface area contributed by atoms with E-state index in [0.717, 1.165) is 23.6 Å². The highest BCUT2D eigenvalue weighted by Crippen LogP contribution is 2.39. The summed E-state index contributed by atoms with van der Waals surface area (Å²) in [7, 11) is 0. The summed E-state index contributed by atoms with van der Waals surface area (Å²) in [5.41, 5.74) is 2.89. The van der Waals surface area contributed by atoms with Crippen LogP contribution in [-0.2, 0) is 0 Å². The van der Waals surface area contributed by atoms with E-state index in [1.54, 1.807) is 18.3 Å². The molecular weight excluding hydrogens is 374 g/mol. The highest BCUT2D eigenvalue weighted by molar-refractivity contribution is 7.80. The van der Waals surface area contributed by atoms with Crippen molar-refractivity contribution < 1.29 is 4.92 Å². The normalized spacial score (nSPS) is 18.9. The number of nitrogens with zero attached hydrogens (tertiary/aromatic N) is 4. The van der Waals surface area contributed by atoms with Crippen LogP contribution in [0.25, 0.3) is 5.69 Å². The Morgan fingerprint density at radius 2 is 1.96 bits per heavy atom. The molecule has 142 valence electrons. The second kappa shape index (κ2) is 7.40. The molecule has 1 aliphatic rings. The summed E-state index contributed by atoms with van der Waals surface area (Å²) in [5, 5.41) is 15.1. The third-order valence-electron chi connectivity index (χ3n) is 4.96. The van der Waals surface area contributed by atoms with Crippen molar-refractivity contribution in [2.45, 2.75) is 19.0 Å². The molecule has 1 saturated heterocycles. The van der Waals surface area contributed by atoms with Crippen molar-refractivity contribution in [3.63, 3.8) is 0 Å². The molecule has 3 aromatic rings. The van der Waals surface area contributed by atoms with Crippen LogP contribution >= 0.6 is 12.2 Å². The Labute approximate surface area is 167 Å². The van der Waals surface area contributed by atoms with Crippen LogP contribution in [0.5, 0.6) is 0 Å². The van der Waals surface area contributed by atoms with E-state index in [-0.39, 0.29) is 17.8 Å². The quantitative estimate of drug-likeness (QED) is 0.404. The van der Waals surface area contributed by atoms with Gasteiger partial charge in [-0.3, -0.25) is 15.1 Å². The fourth-order valence-corrected chi connectivity index (χ4v) is 4.04. The van der Waals surface area contributed by atoms with Crippen molar-refractivity contribution in [3.8, 4) is 5.69 Å². The number of hydrogen-bond acceptors (Lipinski definition) is 4. The van der Waals surface area contributed by atoms with Gasteiger partial charge in [0.15, 0.2) is 5.11 Å². The summed E-state index contributed by atoms with van der Waals surface area (Å²) >= 11 is 5.58. The lowest BCUT2D eigenvalue weighted by Crippen LogP contribution is -2.30. The Kier molecular flexibility index (Phi) is 4.79. The van der Waals surface area contributed by atoms with Gasteiger partial charge in [-0.15, -0.1) is 0 Å². The molecule has 28 heavy (non-hydrogen) atoms.